The molecule has 1 aliphatic heterocycles. The topological polar surface area (TPSA) is 62.1 Å². The van der Waals surface area contributed by atoms with Crippen molar-refractivity contribution in [3.63, 3.8) is 0 Å². The lowest BCUT2D eigenvalue weighted by atomic mass is 9.93. The number of carbonyl (C=O) groups is 1. The van der Waals surface area contributed by atoms with E-state index in [-0.39, 0.29) is 59.5 Å². The smallest absolute Gasteiger partial charge is 0.271 e. The van der Waals surface area contributed by atoms with E-state index in [1.165, 1.54) is 17.0 Å². The summed E-state index contributed by atoms with van der Waals surface area (Å²) in [5, 5.41) is 0.216. The second-order valence-corrected chi connectivity index (χ2v) is 6.50. The van der Waals surface area contributed by atoms with Crippen LogP contribution in [-0.4, -0.2) is 41.1 Å². The number of alkyl halides is 1. The number of piperidine rings is 1. The number of nitrogens with one attached hydrogen (secondary N) is 1. The first-order chi connectivity index (χ1) is 10.9. The van der Waals surface area contributed by atoms with E-state index >= 15 is 0 Å². The molecule has 4 nitrogen and oxygen atoms in total. The zero-order valence-corrected chi connectivity index (χ0v) is 13.6. The Hall–Kier alpha value is -1.37. The van der Waals surface area contributed by atoms with Crippen molar-refractivity contribution in [1.82, 2.24) is 9.88 Å². The number of hydrogen-bond acceptors (Lipinski definition) is 2. The van der Waals surface area contributed by atoms with Crippen LogP contribution >= 0.6 is 23.2 Å². The largest absolute Gasteiger partial charge is 0.349 e. The van der Waals surface area contributed by atoms with Gasteiger partial charge >= 0.3 is 0 Å². The molecular formula is C15H15Cl2F2N3O. The Morgan fingerprint density at radius 2 is 1.96 bits per heavy atom. The number of benzene rings is 1. The molecule has 0 bridgehead atoms. The fraction of sp³-hybridized carbons (Fsp3) is 0.400. The van der Waals surface area contributed by atoms with Crippen molar-refractivity contribution >= 4 is 40.0 Å². The zero-order chi connectivity index (χ0) is 16.8. The normalized spacial score (nSPS) is 17.7. The molecule has 0 unspecified atom stereocenters. The van der Waals surface area contributed by atoms with Crippen LogP contribution in [0.25, 0.3) is 10.9 Å². The van der Waals surface area contributed by atoms with Crippen molar-refractivity contribution in [3.8, 4) is 0 Å². The van der Waals surface area contributed by atoms with Gasteiger partial charge in [-0.3, -0.25) is 4.79 Å². The minimum absolute atomic E-state index is 0.0585. The van der Waals surface area contributed by atoms with Crippen LogP contribution in [0.4, 0.5) is 8.78 Å². The highest BCUT2D eigenvalue weighted by Gasteiger charge is 2.36. The number of carbonyl (C=O) groups excluding carboxylic acids is 1. The van der Waals surface area contributed by atoms with E-state index in [0.29, 0.717) is 5.52 Å². The Morgan fingerprint density at radius 1 is 1.30 bits per heavy atom. The summed E-state index contributed by atoms with van der Waals surface area (Å²) in [6.07, 6.45) is 0.366. The highest BCUT2D eigenvalue weighted by molar-refractivity contribution is 6.44. The summed E-state index contributed by atoms with van der Waals surface area (Å²) in [5.74, 6) is -0.969. The minimum atomic E-state index is -1.42. The predicted octanol–water partition coefficient (Wildman–Crippen LogP) is 3.52. The molecule has 2 heterocycles. The summed E-state index contributed by atoms with van der Waals surface area (Å²) in [4.78, 5) is 17.0. The summed E-state index contributed by atoms with van der Waals surface area (Å²) in [6, 6.07) is 2.67. The molecule has 0 aliphatic carbocycles. The van der Waals surface area contributed by atoms with Crippen molar-refractivity contribution in [2.75, 3.05) is 19.6 Å². The maximum Gasteiger partial charge on any atom is 0.271 e. The number of H-pyrrole nitrogens is 1. The van der Waals surface area contributed by atoms with E-state index in [2.05, 4.69) is 4.98 Å². The molecule has 1 aromatic carbocycles. The highest BCUT2D eigenvalue weighted by Crippen LogP contribution is 2.36. The molecule has 0 atom stereocenters. The Labute approximate surface area is 141 Å². The molecule has 2 aromatic rings. The number of rotatable bonds is 2. The second kappa shape index (κ2) is 5.92. The average Bonchev–Trinajstić information content (AvgIpc) is 2.88. The molecule has 1 aromatic heterocycles. The van der Waals surface area contributed by atoms with E-state index in [9.17, 15) is 13.6 Å². The number of hydrogen-bond donors (Lipinski definition) is 2. The number of aromatic amines is 1. The van der Waals surface area contributed by atoms with Crippen LogP contribution in [0, 0.1) is 5.82 Å². The molecule has 0 saturated carbocycles. The van der Waals surface area contributed by atoms with Crippen molar-refractivity contribution in [1.29, 1.82) is 0 Å². The summed E-state index contributed by atoms with van der Waals surface area (Å²) in [6.45, 7) is 0.442. The van der Waals surface area contributed by atoms with Gasteiger partial charge in [0.1, 0.15) is 17.2 Å². The highest BCUT2D eigenvalue weighted by atomic mass is 35.5. The molecule has 23 heavy (non-hydrogen) atoms. The van der Waals surface area contributed by atoms with Gasteiger partial charge in [0.15, 0.2) is 0 Å². The number of nitrogens with two attached hydrogens (primary N) is 1. The molecule has 3 rings (SSSR count). The van der Waals surface area contributed by atoms with Crippen LogP contribution in [0.5, 0.6) is 0 Å². The van der Waals surface area contributed by atoms with Crippen LogP contribution < -0.4 is 5.73 Å². The Balaban J connectivity index is 1.91. The van der Waals surface area contributed by atoms with Gasteiger partial charge in [0.2, 0.25) is 0 Å². The van der Waals surface area contributed by atoms with Gasteiger partial charge < -0.3 is 15.6 Å². The van der Waals surface area contributed by atoms with E-state index < -0.39 is 11.5 Å². The average molecular weight is 362 g/mol. The lowest BCUT2D eigenvalue weighted by Gasteiger charge is -2.35. The molecule has 1 amide bonds. The van der Waals surface area contributed by atoms with E-state index in [4.69, 9.17) is 28.9 Å². The van der Waals surface area contributed by atoms with Gasteiger partial charge in [-0.25, -0.2) is 8.78 Å². The van der Waals surface area contributed by atoms with Crippen LogP contribution in [0.15, 0.2) is 12.1 Å². The van der Waals surface area contributed by atoms with Crippen molar-refractivity contribution in [2.24, 2.45) is 5.73 Å². The van der Waals surface area contributed by atoms with E-state index in [0.717, 1.165) is 0 Å². The second-order valence-electron chi connectivity index (χ2n) is 5.75. The van der Waals surface area contributed by atoms with E-state index in [1.807, 2.05) is 0 Å². The number of fused-ring (bicyclic) bond motifs is 1. The van der Waals surface area contributed by atoms with Crippen molar-refractivity contribution in [3.05, 3.63) is 33.7 Å². The molecule has 0 spiro atoms. The van der Waals surface area contributed by atoms with Crippen LogP contribution in [0.1, 0.15) is 23.3 Å². The lowest BCUT2D eigenvalue weighted by Crippen LogP contribution is -2.47. The van der Waals surface area contributed by atoms with Crippen molar-refractivity contribution < 1.29 is 13.6 Å². The summed E-state index contributed by atoms with van der Waals surface area (Å²) < 4.78 is 27.7. The molecule has 1 aliphatic rings. The summed E-state index contributed by atoms with van der Waals surface area (Å²) in [5.41, 5.74) is 4.61. The van der Waals surface area contributed by atoms with Crippen LogP contribution in [-0.2, 0) is 0 Å². The molecule has 124 valence electrons. The molecule has 0 radical (unpaired) electrons. The molecule has 1 saturated heterocycles. The third-order valence-corrected chi connectivity index (χ3v) is 5.07. The molecular weight excluding hydrogens is 347 g/mol. The Kier molecular flexibility index (Phi) is 4.25. The first kappa shape index (κ1) is 16.5. The van der Waals surface area contributed by atoms with Crippen LogP contribution in [0.2, 0.25) is 10.0 Å². The van der Waals surface area contributed by atoms with Gasteiger partial charge in [0, 0.05) is 43.4 Å². The fourth-order valence-electron chi connectivity index (χ4n) is 2.80. The number of aromatic nitrogens is 1. The third-order valence-electron chi connectivity index (χ3n) is 4.32. The maximum absolute atomic E-state index is 14.1. The van der Waals surface area contributed by atoms with Gasteiger partial charge in [-0.15, -0.1) is 0 Å². The number of halogens is 4. The van der Waals surface area contributed by atoms with Gasteiger partial charge in [0.25, 0.3) is 5.91 Å². The Bertz CT molecular complexity index is 770. The predicted molar refractivity (Wildman–Crippen MR) is 86.3 cm³/mol. The molecule has 3 N–H and O–H groups in total. The number of likely N-dealkylation sites (tertiary alicyclic amines) is 1. The number of amides is 1. The van der Waals surface area contributed by atoms with Crippen LogP contribution in [0.3, 0.4) is 0 Å². The first-order valence-electron chi connectivity index (χ1n) is 7.20. The van der Waals surface area contributed by atoms with Gasteiger partial charge in [-0.2, -0.15) is 0 Å². The summed E-state index contributed by atoms with van der Waals surface area (Å²) in [7, 11) is 0. The van der Waals surface area contributed by atoms with E-state index in [1.54, 1.807) is 0 Å². The maximum atomic E-state index is 14.1. The quantitative estimate of drug-likeness (QED) is 0.859. The number of nitrogens with zero attached hydrogens (tertiary/aromatic N) is 1. The van der Waals surface area contributed by atoms with Gasteiger partial charge in [-0.1, -0.05) is 23.2 Å². The fourth-order valence-corrected chi connectivity index (χ4v) is 3.44. The monoisotopic (exact) mass is 361 g/mol. The van der Waals surface area contributed by atoms with Gasteiger partial charge in [0.05, 0.1) is 10.0 Å². The SMILES string of the molecule is NCC1(F)CCN(C(=O)c2[nH]c3ccc(F)c(Cl)c3c2Cl)CC1. The van der Waals surface area contributed by atoms with Crippen molar-refractivity contribution in [2.45, 2.75) is 18.5 Å². The summed E-state index contributed by atoms with van der Waals surface area (Å²) >= 11 is 12.1. The molecule has 8 heteroatoms. The van der Waals surface area contributed by atoms with Gasteiger partial charge in [-0.05, 0) is 12.1 Å². The first-order valence-corrected chi connectivity index (χ1v) is 7.95. The minimum Gasteiger partial charge on any atom is -0.349 e. The molecule has 1 fully saturated rings. The Morgan fingerprint density at radius 3 is 2.57 bits per heavy atom. The third kappa shape index (κ3) is 2.79. The zero-order valence-electron chi connectivity index (χ0n) is 12.1. The standard InChI is InChI=1S/C15H15Cl2F2N3O/c16-11-8(18)1-2-9-10(11)12(17)13(21-9)14(23)22-5-3-15(19,7-20)4-6-22/h1-2,21H,3-7,20H2. The lowest BCUT2D eigenvalue weighted by molar-refractivity contribution is 0.0465.